The maximum Gasteiger partial charge on any atom is 0.317 e. The lowest BCUT2D eigenvalue weighted by Gasteiger charge is -2.12. The Hall–Kier alpha value is -1.12. The fourth-order valence-corrected chi connectivity index (χ4v) is 1.51. The molecule has 1 rings (SSSR count). The van der Waals surface area contributed by atoms with Gasteiger partial charge in [0.05, 0.1) is 12.3 Å². The third-order valence-electron chi connectivity index (χ3n) is 2.42. The zero-order chi connectivity index (χ0) is 9.84. The van der Waals surface area contributed by atoms with Crippen LogP contribution in [0, 0.1) is 11.8 Å². The number of hydrogen-bond donors (Lipinski definition) is 0. The van der Waals surface area contributed by atoms with Crippen LogP contribution >= 0.6 is 0 Å². The largest absolute Gasteiger partial charge is 0.393 e. The average molecular weight is 182 g/mol. The van der Waals surface area contributed by atoms with Crippen molar-refractivity contribution in [2.75, 3.05) is 0 Å². The number of esters is 2. The molecule has 0 aliphatic carbocycles. The zero-order valence-electron chi connectivity index (χ0n) is 7.79. The van der Waals surface area contributed by atoms with E-state index in [2.05, 4.69) is 11.3 Å². The standard InChI is InChI=1S/C10H14O3/c1-3-4-5-7(2)8-6-9(11)13-10(8)12/h3,7-8H,1,4-6H2,2H3. The van der Waals surface area contributed by atoms with E-state index in [0.29, 0.717) is 0 Å². The van der Waals surface area contributed by atoms with Crippen molar-refractivity contribution in [2.45, 2.75) is 26.2 Å². The van der Waals surface area contributed by atoms with E-state index in [0.717, 1.165) is 12.8 Å². The molecule has 1 saturated heterocycles. The highest BCUT2D eigenvalue weighted by atomic mass is 16.6. The predicted molar refractivity (Wildman–Crippen MR) is 47.8 cm³/mol. The van der Waals surface area contributed by atoms with Gasteiger partial charge in [-0.05, 0) is 18.8 Å². The van der Waals surface area contributed by atoms with E-state index in [1.807, 2.05) is 13.0 Å². The Kier molecular flexibility index (Phi) is 3.23. The third-order valence-corrected chi connectivity index (χ3v) is 2.42. The molecule has 1 heterocycles. The minimum atomic E-state index is -0.388. The summed E-state index contributed by atoms with van der Waals surface area (Å²) in [6.45, 7) is 5.58. The normalized spacial score (nSPS) is 24.2. The Morgan fingerprint density at radius 2 is 2.38 bits per heavy atom. The quantitative estimate of drug-likeness (QED) is 0.377. The lowest BCUT2D eigenvalue weighted by Crippen LogP contribution is -2.16. The molecule has 1 fully saturated rings. The Labute approximate surface area is 77.8 Å². The molecule has 72 valence electrons. The summed E-state index contributed by atoms with van der Waals surface area (Å²) in [5.41, 5.74) is 0. The van der Waals surface area contributed by atoms with Gasteiger partial charge in [0.2, 0.25) is 0 Å². The Morgan fingerprint density at radius 3 is 2.85 bits per heavy atom. The van der Waals surface area contributed by atoms with E-state index in [1.54, 1.807) is 0 Å². The SMILES string of the molecule is C=CCCC(C)C1CC(=O)OC1=O. The summed E-state index contributed by atoms with van der Waals surface area (Å²) >= 11 is 0. The topological polar surface area (TPSA) is 43.4 Å². The maximum atomic E-state index is 11.1. The highest BCUT2D eigenvalue weighted by molar-refractivity contribution is 5.94. The minimum absolute atomic E-state index is 0.206. The van der Waals surface area contributed by atoms with E-state index in [9.17, 15) is 9.59 Å². The zero-order valence-corrected chi connectivity index (χ0v) is 7.79. The lowest BCUT2D eigenvalue weighted by atomic mass is 9.89. The molecule has 0 amide bonds. The van der Waals surface area contributed by atoms with Gasteiger partial charge in [0, 0.05) is 0 Å². The molecule has 0 spiro atoms. The second kappa shape index (κ2) is 4.21. The van der Waals surface area contributed by atoms with E-state index in [4.69, 9.17) is 0 Å². The van der Waals surface area contributed by atoms with Gasteiger partial charge in [0.1, 0.15) is 0 Å². The molecule has 13 heavy (non-hydrogen) atoms. The maximum absolute atomic E-state index is 11.1. The van der Waals surface area contributed by atoms with E-state index in [1.165, 1.54) is 0 Å². The Bertz CT molecular complexity index is 232. The van der Waals surface area contributed by atoms with Crippen LogP contribution in [0.25, 0.3) is 0 Å². The van der Waals surface area contributed by atoms with Crippen LogP contribution in [-0.4, -0.2) is 11.9 Å². The first kappa shape index (κ1) is 9.96. The van der Waals surface area contributed by atoms with Crippen molar-refractivity contribution in [1.82, 2.24) is 0 Å². The van der Waals surface area contributed by atoms with Gasteiger partial charge in [-0.25, -0.2) is 0 Å². The molecule has 0 saturated carbocycles. The molecule has 2 unspecified atom stereocenters. The smallest absolute Gasteiger partial charge is 0.317 e. The third kappa shape index (κ3) is 2.41. The van der Waals surface area contributed by atoms with Crippen LogP contribution in [0.3, 0.4) is 0 Å². The van der Waals surface area contributed by atoms with E-state index in [-0.39, 0.29) is 30.2 Å². The van der Waals surface area contributed by atoms with Crippen molar-refractivity contribution < 1.29 is 14.3 Å². The van der Waals surface area contributed by atoms with Crippen LogP contribution in [0.2, 0.25) is 0 Å². The van der Waals surface area contributed by atoms with Crippen molar-refractivity contribution in [1.29, 1.82) is 0 Å². The monoisotopic (exact) mass is 182 g/mol. The number of carbonyl (C=O) groups is 2. The summed E-state index contributed by atoms with van der Waals surface area (Å²) < 4.78 is 4.47. The van der Waals surface area contributed by atoms with Crippen LogP contribution in [0.5, 0.6) is 0 Å². The molecule has 0 aromatic heterocycles. The van der Waals surface area contributed by atoms with Gasteiger partial charge in [-0.1, -0.05) is 13.0 Å². The van der Waals surface area contributed by atoms with E-state index < -0.39 is 0 Å². The van der Waals surface area contributed by atoms with Gasteiger partial charge in [0.25, 0.3) is 0 Å². The first-order valence-corrected chi connectivity index (χ1v) is 4.50. The molecule has 0 aromatic rings. The molecule has 3 heteroatoms. The van der Waals surface area contributed by atoms with Gasteiger partial charge in [-0.3, -0.25) is 9.59 Å². The predicted octanol–water partition coefficient (Wildman–Crippen LogP) is 1.68. The molecule has 0 bridgehead atoms. The van der Waals surface area contributed by atoms with Crippen molar-refractivity contribution in [3.05, 3.63) is 12.7 Å². The number of rotatable bonds is 4. The summed E-state index contributed by atoms with van der Waals surface area (Å²) in [5, 5.41) is 0. The van der Waals surface area contributed by atoms with Crippen molar-refractivity contribution >= 4 is 11.9 Å². The second-order valence-electron chi connectivity index (χ2n) is 3.45. The van der Waals surface area contributed by atoms with Crippen molar-refractivity contribution in [3.63, 3.8) is 0 Å². The molecule has 0 N–H and O–H groups in total. The molecule has 0 aromatic carbocycles. The summed E-state index contributed by atoms with van der Waals surface area (Å²) in [7, 11) is 0. The van der Waals surface area contributed by atoms with Gasteiger partial charge in [-0.2, -0.15) is 0 Å². The molecular weight excluding hydrogens is 168 g/mol. The highest BCUT2D eigenvalue weighted by Crippen LogP contribution is 2.27. The second-order valence-corrected chi connectivity index (χ2v) is 3.45. The molecule has 1 aliphatic rings. The fraction of sp³-hybridized carbons (Fsp3) is 0.600. The summed E-state index contributed by atoms with van der Waals surface area (Å²) in [5.74, 6) is -0.772. The number of carbonyl (C=O) groups excluding carboxylic acids is 2. The lowest BCUT2D eigenvalue weighted by molar-refractivity contribution is -0.153. The first-order valence-electron chi connectivity index (χ1n) is 4.50. The van der Waals surface area contributed by atoms with Crippen LogP contribution in [0.15, 0.2) is 12.7 Å². The first-order chi connectivity index (χ1) is 6.15. The molecular formula is C10H14O3. The van der Waals surface area contributed by atoms with Gasteiger partial charge in [0.15, 0.2) is 0 Å². The Balaban J connectivity index is 2.46. The highest BCUT2D eigenvalue weighted by Gasteiger charge is 2.36. The van der Waals surface area contributed by atoms with Crippen LogP contribution in [0.4, 0.5) is 0 Å². The van der Waals surface area contributed by atoms with Crippen molar-refractivity contribution in [3.8, 4) is 0 Å². The summed E-state index contributed by atoms with van der Waals surface area (Å²) in [4.78, 5) is 21.9. The number of ether oxygens (including phenoxy) is 1. The number of cyclic esters (lactones) is 2. The average Bonchev–Trinajstić information content (AvgIpc) is 2.41. The van der Waals surface area contributed by atoms with Gasteiger partial charge >= 0.3 is 11.9 Å². The number of allylic oxidation sites excluding steroid dienone is 1. The van der Waals surface area contributed by atoms with Crippen LogP contribution in [0.1, 0.15) is 26.2 Å². The Morgan fingerprint density at radius 1 is 1.69 bits per heavy atom. The van der Waals surface area contributed by atoms with Gasteiger partial charge in [-0.15, -0.1) is 6.58 Å². The molecule has 0 radical (unpaired) electrons. The fourth-order valence-electron chi connectivity index (χ4n) is 1.51. The molecule has 1 aliphatic heterocycles. The van der Waals surface area contributed by atoms with Crippen molar-refractivity contribution in [2.24, 2.45) is 11.8 Å². The van der Waals surface area contributed by atoms with Crippen LogP contribution in [-0.2, 0) is 14.3 Å². The summed E-state index contributed by atoms with van der Waals surface area (Å²) in [6.07, 6.45) is 3.82. The molecule has 3 nitrogen and oxygen atoms in total. The summed E-state index contributed by atoms with van der Waals surface area (Å²) in [6, 6.07) is 0. The van der Waals surface area contributed by atoms with Gasteiger partial charge < -0.3 is 4.74 Å². The number of hydrogen-bond acceptors (Lipinski definition) is 3. The van der Waals surface area contributed by atoms with Crippen LogP contribution < -0.4 is 0 Å². The van der Waals surface area contributed by atoms with E-state index >= 15 is 0 Å². The minimum Gasteiger partial charge on any atom is -0.393 e. The molecule has 2 atom stereocenters.